The van der Waals surface area contributed by atoms with Crippen molar-refractivity contribution in [2.75, 3.05) is 0 Å². The summed E-state index contributed by atoms with van der Waals surface area (Å²) in [6.45, 7) is 7.19. The summed E-state index contributed by atoms with van der Waals surface area (Å²) in [5.41, 5.74) is 0.392. The highest BCUT2D eigenvalue weighted by molar-refractivity contribution is 7.80. The summed E-state index contributed by atoms with van der Waals surface area (Å²) in [7, 11) is 0. The Kier molecular flexibility index (Phi) is 4.57. The zero-order valence-corrected chi connectivity index (χ0v) is 12.0. The predicted molar refractivity (Wildman–Crippen MR) is 74.5 cm³/mol. The van der Waals surface area contributed by atoms with Crippen LogP contribution in [-0.2, 0) is 14.3 Å². The molecule has 0 bridgehead atoms. The molecule has 1 aliphatic rings. The largest absolute Gasteiger partial charge is 0.456 e. The first kappa shape index (κ1) is 14.8. The SMILES string of the molecule is CCC(=O)C1=CC(C(=O)OC(C)(C)C)=CC(=S)C1. The molecule has 1 aliphatic carbocycles. The van der Waals surface area contributed by atoms with E-state index < -0.39 is 11.6 Å². The molecule has 0 saturated carbocycles. The molecule has 0 aromatic heterocycles. The molecular formula is C14H18O3S. The van der Waals surface area contributed by atoms with Crippen LogP contribution in [0.2, 0.25) is 0 Å². The van der Waals surface area contributed by atoms with Crippen LogP contribution in [0.3, 0.4) is 0 Å². The highest BCUT2D eigenvalue weighted by atomic mass is 32.1. The third kappa shape index (κ3) is 4.18. The van der Waals surface area contributed by atoms with E-state index in [2.05, 4.69) is 0 Å². The van der Waals surface area contributed by atoms with E-state index in [1.54, 1.807) is 39.8 Å². The van der Waals surface area contributed by atoms with Crippen molar-refractivity contribution in [2.24, 2.45) is 0 Å². The first-order valence-electron chi connectivity index (χ1n) is 5.94. The van der Waals surface area contributed by atoms with Crippen molar-refractivity contribution < 1.29 is 14.3 Å². The van der Waals surface area contributed by atoms with Crippen LogP contribution < -0.4 is 0 Å². The van der Waals surface area contributed by atoms with Crippen LogP contribution in [0.25, 0.3) is 0 Å². The van der Waals surface area contributed by atoms with Crippen LogP contribution in [0, 0.1) is 0 Å². The van der Waals surface area contributed by atoms with Crippen molar-refractivity contribution in [2.45, 2.75) is 46.1 Å². The van der Waals surface area contributed by atoms with Gasteiger partial charge in [-0.3, -0.25) is 4.79 Å². The second kappa shape index (κ2) is 5.57. The van der Waals surface area contributed by atoms with Crippen molar-refractivity contribution >= 4 is 28.8 Å². The Bertz CT molecular complexity index is 450. The first-order chi connectivity index (χ1) is 8.23. The quantitative estimate of drug-likeness (QED) is 0.582. The Morgan fingerprint density at radius 1 is 1.33 bits per heavy atom. The summed E-state index contributed by atoms with van der Waals surface area (Å²) in [6, 6.07) is 0. The van der Waals surface area contributed by atoms with E-state index in [-0.39, 0.29) is 5.78 Å². The van der Waals surface area contributed by atoms with E-state index in [0.717, 1.165) is 0 Å². The van der Waals surface area contributed by atoms with Gasteiger partial charge < -0.3 is 4.74 Å². The molecule has 0 aromatic carbocycles. The maximum Gasteiger partial charge on any atom is 0.338 e. The lowest BCUT2D eigenvalue weighted by molar-refractivity contribution is -0.149. The molecule has 0 aromatic rings. The minimum atomic E-state index is -0.556. The van der Waals surface area contributed by atoms with Crippen molar-refractivity contribution in [3.8, 4) is 0 Å². The molecule has 0 spiro atoms. The fourth-order valence-corrected chi connectivity index (χ4v) is 1.84. The summed E-state index contributed by atoms with van der Waals surface area (Å²) in [5, 5.41) is 0. The van der Waals surface area contributed by atoms with E-state index in [1.165, 1.54) is 0 Å². The van der Waals surface area contributed by atoms with Gasteiger partial charge in [0.05, 0.1) is 5.57 Å². The summed E-state index contributed by atoms with van der Waals surface area (Å²) in [6.07, 6.45) is 4.05. The van der Waals surface area contributed by atoms with Gasteiger partial charge in [0.1, 0.15) is 5.60 Å². The normalized spacial score (nSPS) is 15.9. The predicted octanol–water partition coefficient (Wildman–Crippen LogP) is 2.93. The van der Waals surface area contributed by atoms with Gasteiger partial charge in [-0.25, -0.2) is 4.79 Å². The Balaban J connectivity index is 2.94. The third-order valence-corrected chi connectivity index (χ3v) is 2.59. The van der Waals surface area contributed by atoms with E-state index in [0.29, 0.717) is 28.9 Å². The lowest BCUT2D eigenvalue weighted by Gasteiger charge is -2.21. The Morgan fingerprint density at radius 3 is 2.44 bits per heavy atom. The minimum absolute atomic E-state index is 0.0199. The molecule has 0 N–H and O–H groups in total. The van der Waals surface area contributed by atoms with Crippen molar-refractivity contribution in [1.29, 1.82) is 0 Å². The minimum Gasteiger partial charge on any atom is -0.456 e. The van der Waals surface area contributed by atoms with Crippen LogP contribution >= 0.6 is 12.2 Å². The van der Waals surface area contributed by atoms with Gasteiger partial charge in [0.2, 0.25) is 0 Å². The Hall–Kier alpha value is -1.29. The number of esters is 1. The molecular weight excluding hydrogens is 248 g/mol. The highest BCUT2D eigenvalue weighted by Gasteiger charge is 2.23. The van der Waals surface area contributed by atoms with Crippen molar-refractivity contribution in [3.05, 3.63) is 23.3 Å². The van der Waals surface area contributed by atoms with Gasteiger partial charge in [-0.1, -0.05) is 19.1 Å². The Labute approximate surface area is 113 Å². The maximum absolute atomic E-state index is 11.9. The average Bonchev–Trinajstić information content (AvgIpc) is 2.24. The lowest BCUT2D eigenvalue weighted by atomic mass is 9.95. The van der Waals surface area contributed by atoms with E-state index in [9.17, 15) is 9.59 Å². The zero-order valence-electron chi connectivity index (χ0n) is 11.2. The molecule has 4 heteroatoms. The number of allylic oxidation sites excluding steroid dienone is 2. The summed E-state index contributed by atoms with van der Waals surface area (Å²) >= 11 is 5.11. The number of hydrogen-bond acceptors (Lipinski definition) is 4. The molecule has 0 fully saturated rings. The van der Waals surface area contributed by atoms with Crippen LogP contribution in [0.4, 0.5) is 0 Å². The second-order valence-corrected chi connectivity index (χ2v) is 5.72. The van der Waals surface area contributed by atoms with Gasteiger partial charge >= 0.3 is 5.97 Å². The molecule has 0 amide bonds. The summed E-state index contributed by atoms with van der Waals surface area (Å²) in [4.78, 5) is 24.2. The highest BCUT2D eigenvalue weighted by Crippen LogP contribution is 2.21. The van der Waals surface area contributed by atoms with Gasteiger partial charge in [0.15, 0.2) is 5.78 Å². The lowest BCUT2D eigenvalue weighted by Crippen LogP contribution is -2.25. The number of Topliss-reactive ketones (excluding diaryl/α,β-unsaturated/α-hetero) is 1. The number of carbonyl (C=O) groups is 2. The van der Waals surface area contributed by atoms with E-state index in [1.807, 2.05) is 0 Å². The molecule has 3 nitrogen and oxygen atoms in total. The number of ether oxygens (including phenoxy) is 1. The molecule has 0 heterocycles. The van der Waals surface area contributed by atoms with E-state index >= 15 is 0 Å². The van der Waals surface area contributed by atoms with Gasteiger partial charge in [-0.15, -0.1) is 0 Å². The smallest absolute Gasteiger partial charge is 0.338 e. The molecule has 0 radical (unpaired) electrons. The van der Waals surface area contributed by atoms with Crippen LogP contribution in [0.1, 0.15) is 40.5 Å². The second-order valence-electron chi connectivity index (χ2n) is 5.19. The van der Waals surface area contributed by atoms with Crippen molar-refractivity contribution in [1.82, 2.24) is 0 Å². The fourth-order valence-electron chi connectivity index (χ4n) is 1.55. The number of rotatable bonds is 3. The van der Waals surface area contributed by atoms with Gasteiger partial charge in [-0.2, -0.15) is 0 Å². The van der Waals surface area contributed by atoms with Crippen LogP contribution in [0.15, 0.2) is 23.3 Å². The average molecular weight is 266 g/mol. The molecule has 98 valence electrons. The Morgan fingerprint density at radius 2 is 1.94 bits per heavy atom. The van der Waals surface area contributed by atoms with Crippen LogP contribution in [-0.4, -0.2) is 22.2 Å². The van der Waals surface area contributed by atoms with Gasteiger partial charge in [0.25, 0.3) is 0 Å². The van der Waals surface area contributed by atoms with Crippen LogP contribution in [0.5, 0.6) is 0 Å². The molecule has 0 unspecified atom stereocenters. The van der Waals surface area contributed by atoms with Crippen molar-refractivity contribution in [3.63, 3.8) is 0 Å². The summed E-state index contributed by atoms with van der Waals surface area (Å²) in [5.74, 6) is -0.419. The number of thiocarbonyl (C=S) groups is 1. The monoisotopic (exact) mass is 266 g/mol. The van der Waals surface area contributed by atoms with Gasteiger partial charge in [-0.05, 0) is 32.9 Å². The molecule has 1 rings (SSSR count). The topological polar surface area (TPSA) is 43.4 Å². The summed E-state index contributed by atoms with van der Waals surface area (Å²) < 4.78 is 5.26. The molecule has 0 atom stereocenters. The van der Waals surface area contributed by atoms with E-state index in [4.69, 9.17) is 17.0 Å². The zero-order chi connectivity index (χ0) is 13.9. The third-order valence-electron chi connectivity index (χ3n) is 2.32. The molecule has 18 heavy (non-hydrogen) atoms. The number of hydrogen-bond donors (Lipinski definition) is 0. The molecule has 0 saturated heterocycles. The fraction of sp³-hybridized carbons (Fsp3) is 0.500. The maximum atomic E-state index is 11.9. The number of carbonyl (C=O) groups excluding carboxylic acids is 2. The number of ketones is 1. The first-order valence-corrected chi connectivity index (χ1v) is 6.35. The molecule has 0 aliphatic heterocycles. The standard InChI is InChI=1S/C14H18O3S/c1-5-12(15)9-6-10(8-11(18)7-9)13(16)17-14(2,3)4/h6,8H,5,7H2,1-4H3. The van der Waals surface area contributed by atoms with Gasteiger partial charge in [0, 0.05) is 23.3 Å².